The summed E-state index contributed by atoms with van der Waals surface area (Å²) in [5.74, 6) is -0.0331. The summed E-state index contributed by atoms with van der Waals surface area (Å²) in [7, 11) is 0. The van der Waals surface area contributed by atoms with Crippen LogP contribution in [0.3, 0.4) is 0 Å². The predicted molar refractivity (Wildman–Crippen MR) is 76.6 cm³/mol. The molecule has 1 fully saturated rings. The molecule has 2 amide bonds. The van der Waals surface area contributed by atoms with Gasteiger partial charge in [0.1, 0.15) is 5.84 Å². The number of carbonyl (C=O) groups excluding carboxylic acids is 1. The summed E-state index contributed by atoms with van der Waals surface area (Å²) >= 11 is 0. The molecule has 19 heavy (non-hydrogen) atoms. The second-order valence-corrected chi connectivity index (χ2v) is 4.99. The maximum atomic E-state index is 11.9. The third-order valence-electron chi connectivity index (χ3n) is 3.48. The summed E-state index contributed by atoms with van der Waals surface area (Å²) in [5.41, 5.74) is 7.62. The van der Waals surface area contributed by atoms with Crippen LogP contribution in [0, 0.1) is 12.3 Å². The molecular formula is C14H20N4O. The molecule has 0 aromatic heterocycles. The van der Waals surface area contributed by atoms with Gasteiger partial charge in [-0.1, -0.05) is 25.0 Å². The van der Waals surface area contributed by atoms with Crippen LogP contribution in [0.2, 0.25) is 0 Å². The zero-order valence-corrected chi connectivity index (χ0v) is 11.1. The lowest BCUT2D eigenvalue weighted by Crippen LogP contribution is -2.36. The minimum absolute atomic E-state index is 0.0331. The summed E-state index contributed by atoms with van der Waals surface area (Å²) in [6, 6.07) is 5.52. The van der Waals surface area contributed by atoms with Gasteiger partial charge in [-0.3, -0.25) is 5.41 Å². The molecule has 5 nitrogen and oxygen atoms in total. The highest BCUT2D eigenvalue weighted by atomic mass is 16.2. The van der Waals surface area contributed by atoms with Crippen molar-refractivity contribution in [3.8, 4) is 0 Å². The van der Waals surface area contributed by atoms with Crippen molar-refractivity contribution in [2.45, 2.75) is 38.6 Å². The molecule has 1 aliphatic rings. The standard InChI is InChI=1S/C14H20N4O/c1-9-5-4-8-11(12(9)13(15)16)18-14(19)17-10-6-2-3-7-10/h4-5,8,10H,2-3,6-7H2,1H3,(H3,15,16)(H2,17,18,19). The number of carbonyl (C=O) groups is 1. The Balaban J connectivity index is 2.07. The van der Waals surface area contributed by atoms with Gasteiger partial charge in [0, 0.05) is 11.6 Å². The van der Waals surface area contributed by atoms with E-state index in [-0.39, 0.29) is 17.9 Å². The Morgan fingerprint density at radius 1 is 1.37 bits per heavy atom. The Kier molecular flexibility index (Phi) is 4.04. The minimum atomic E-state index is -0.222. The minimum Gasteiger partial charge on any atom is -0.384 e. The highest BCUT2D eigenvalue weighted by Crippen LogP contribution is 2.20. The summed E-state index contributed by atoms with van der Waals surface area (Å²) in [4.78, 5) is 11.9. The number of nitrogens with two attached hydrogens (primary N) is 1. The highest BCUT2D eigenvalue weighted by Gasteiger charge is 2.18. The molecule has 102 valence electrons. The van der Waals surface area contributed by atoms with E-state index >= 15 is 0 Å². The van der Waals surface area contributed by atoms with Crippen LogP contribution in [0.1, 0.15) is 36.8 Å². The fraction of sp³-hybridized carbons (Fsp3) is 0.429. The number of amidine groups is 1. The van der Waals surface area contributed by atoms with Crippen molar-refractivity contribution in [3.63, 3.8) is 0 Å². The van der Waals surface area contributed by atoms with E-state index in [4.69, 9.17) is 11.1 Å². The molecule has 1 saturated carbocycles. The van der Waals surface area contributed by atoms with Crippen molar-refractivity contribution in [2.75, 3.05) is 5.32 Å². The molecule has 0 aliphatic heterocycles. The number of nitrogens with one attached hydrogen (secondary N) is 3. The van der Waals surface area contributed by atoms with Gasteiger partial charge in [0.15, 0.2) is 0 Å². The summed E-state index contributed by atoms with van der Waals surface area (Å²) in [6.45, 7) is 1.87. The highest BCUT2D eigenvalue weighted by molar-refractivity contribution is 6.05. The van der Waals surface area contributed by atoms with E-state index in [1.807, 2.05) is 19.1 Å². The molecule has 0 heterocycles. The van der Waals surface area contributed by atoms with Gasteiger partial charge in [0.25, 0.3) is 0 Å². The Morgan fingerprint density at radius 2 is 2.05 bits per heavy atom. The maximum Gasteiger partial charge on any atom is 0.319 e. The first-order valence-electron chi connectivity index (χ1n) is 6.59. The van der Waals surface area contributed by atoms with Crippen LogP contribution in [-0.2, 0) is 0 Å². The molecular weight excluding hydrogens is 240 g/mol. The number of aryl methyl sites for hydroxylation is 1. The number of rotatable bonds is 3. The molecule has 2 rings (SSSR count). The molecule has 0 spiro atoms. The van der Waals surface area contributed by atoms with Crippen molar-refractivity contribution in [2.24, 2.45) is 5.73 Å². The maximum absolute atomic E-state index is 11.9. The SMILES string of the molecule is Cc1cccc(NC(=O)NC2CCCC2)c1C(=N)N. The van der Waals surface area contributed by atoms with Gasteiger partial charge >= 0.3 is 6.03 Å². The van der Waals surface area contributed by atoms with Gasteiger partial charge in [-0.05, 0) is 31.4 Å². The zero-order valence-electron chi connectivity index (χ0n) is 11.1. The Hall–Kier alpha value is -2.04. The van der Waals surface area contributed by atoms with Gasteiger partial charge in [-0.15, -0.1) is 0 Å². The summed E-state index contributed by atoms with van der Waals surface area (Å²) in [6.07, 6.45) is 4.43. The van der Waals surface area contributed by atoms with Crippen LogP contribution in [0.25, 0.3) is 0 Å². The second-order valence-electron chi connectivity index (χ2n) is 4.99. The molecule has 5 heteroatoms. The number of amides is 2. The lowest BCUT2D eigenvalue weighted by atomic mass is 10.1. The number of urea groups is 1. The van der Waals surface area contributed by atoms with E-state index in [0.717, 1.165) is 18.4 Å². The number of nitrogen functional groups attached to an aromatic ring is 1. The van der Waals surface area contributed by atoms with Crippen molar-refractivity contribution in [1.29, 1.82) is 5.41 Å². The molecule has 0 unspecified atom stereocenters. The predicted octanol–water partition coefficient (Wildman–Crippen LogP) is 2.34. The second kappa shape index (κ2) is 5.73. The third-order valence-corrected chi connectivity index (χ3v) is 3.48. The van der Waals surface area contributed by atoms with Crippen molar-refractivity contribution < 1.29 is 4.79 Å². The van der Waals surface area contributed by atoms with Gasteiger partial charge in [0.2, 0.25) is 0 Å². The van der Waals surface area contributed by atoms with Gasteiger partial charge in [-0.25, -0.2) is 4.79 Å². The third kappa shape index (κ3) is 3.24. The summed E-state index contributed by atoms with van der Waals surface area (Å²) < 4.78 is 0. The smallest absolute Gasteiger partial charge is 0.319 e. The number of anilines is 1. The van der Waals surface area contributed by atoms with E-state index in [2.05, 4.69) is 10.6 Å². The first-order valence-corrected chi connectivity index (χ1v) is 6.59. The normalized spacial score (nSPS) is 15.2. The Labute approximate surface area is 113 Å². The van der Waals surface area contributed by atoms with Crippen LogP contribution < -0.4 is 16.4 Å². The average molecular weight is 260 g/mol. The van der Waals surface area contributed by atoms with E-state index < -0.39 is 0 Å². The lowest BCUT2D eigenvalue weighted by Gasteiger charge is -2.16. The van der Waals surface area contributed by atoms with Crippen LogP contribution in [-0.4, -0.2) is 17.9 Å². The number of hydrogen-bond donors (Lipinski definition) is 4. The molecule has 1 aromatic carbocycles. The van der Waals surface area contributed by atoms with Gasteiger partial charge in [-0.2, -0.15) is 0 Å². The molecule has 0 atom stereocenters. The van der Waals surface area contributed by atoms with E-state index in [9.17, 15) is 4.79 Å². The molecule has 0 bridgehead atoms. The molecule has 0 radical (unpaired) electrons. The van der Waals surface area contributed by atoms with Crippen LogP contribution in [0.4, 0.5) is 10.5 Å². The van der Waals surface area contributed by atoms with Crippen molar-refractivity contribution >= 4 is 17.6 Å². The monoisotopic (exact) mass is 260 g/mol. The van der Waals surface area contributed by atoms with E-state index in [0.29, 0.717) is 11.3 Å². The number of hydrogen-bond acceptors (Lipinski definition) is 2. The van der Waals surface area contributed by atoms with E-state index in [1.165, 1.54) is 12.8 Å². The van der Waals surface area contributed by atoms with Gasteiger partial charge in [0.05, 0.1) is 5.69 Å². The number of benzene rings is 1. The molecule has 5 N–H and O–H groups in total. The van der Waals surface area contributed by atoms with E-state index in [1.54, 1.807) is 6.07 Å². The fourth-order valence-electron chi connectivity index (χ4n) is 2.54. The van der Waals surface area contributed by atoms with Crippen LogP contribution in [0.15, 0.2) is 18.2 Å². The lowest BCUT2D eigenvalue weighted by molar-refractivity contribution is 0.248. The van der Waals surface area contributed by atoms with Gasteiger partial charge < -0.3 is 16.4 Å². The topological polar surface area (TPSA) is 91.0 Å². The fourth-order valence-corrected chi connectivity index (χ4v) is 2.54. The van der Waals surface area contributed by atoms with Crippen molar-refractivity contribution in [1.82, 2.24) is 5.32 Å². The zero-order chi connectivity index (χ0) is 13.8. The van der Waals surface area contributed by atoms with Crippen LogP contribution >= 0.6 is 0 Å². The average Bonchev–Trinajstić information content (AvgIpc) is 2.81. The molecule has 1 aromatic rings. The summed E-state index contributed by atoms with van der Waals surface area (Å²) in [5, 5.41) is 13.3. The Morgan fingerprint density at radius 3 is 2.68 bits per heavy atom. The Bertz CT molecular complexity index is 492. The molecule has 0 saturated heterocycles. The first-order chi connectivity index (χ1) is 9.08. The first kappa shape index (κ1) is 13.4. The van der Waals surface area contributed by atoms with Crippen LogP contribution in [0.5, 0.6) is 0 Å². The quantitative estimate of drug-likeness (QED) is 0.496. The largest absolute Gasteiger partial charge is 0.384 e. The molecule has 1 aliphatic carbocycles. The van der Waals surface area contributed by atoms with Crippen molar-refractivity contribution in [3.05, 3.63) is 29.3 Å².